The molecule has 0 bridgehead atoms. The van der Waals surface area contributed by atoms with E-state index in [9.17, 15) is 0 Å². The Labute approximate surface area is 74.8 Å². The summed E-state index contributed by atoms with van der Waals surface area (Å²) in [5, 5.41) is 0. The number of rotatable bonds is 5. The minimum Gasteiger partial charge on any atom is -0.134 e. The number of hydrogen-bond acceptors (Lipinski definition) is 1. The third-order valence-electron chi connectivity index (χ3n) is 1.73. The predicted molar refractivity (Wildman–Crippen MR) is 55.9 cm³/mol. The highest BCUT2D eigenvalue weighted by Gasteiger charge is 2.04. The Morgan fingerprint density at radius 3 is 2.64 bits per heavy atom. The molecule has 1 heteroatoms. The molecular weight excluding hydrogens is 152 g/mol. The lowest BCUT2D eigenvalue weighted by molar-refractivity contribution is 0.626. The zero-order valence-electron chi connectivity index (χ0n) is 7.76. The SMILES string of the molecule is C=C/C=C(\SC)C(C)CCC. The molecular formula is C10H18S. The summed E-state index contributed by atoms with van der Waals surface area (Å²) in [5.41, 5.74) is 0. The summed E-state index contributed by atoms with van der Waals surface area (Å²) in [6.07, 6.45) is 8.65. The molecule has 0 spiro atoms. The van der Waals surface area contributed by atoms with Crippen molar-refractivity contribution in [2.45, 2.75) is 26.7 Å². The van der Waals surface area contributed by atoms with Gasteiger partial charge < -0.3 is 0 Å². The minimum atomic E-state index is 0.702. The van der Waals surface area contributed by atoms with Gasteiger partial charge in [-0.1, -0.05) is 39.0 Å². The summed E-state index contributed by atoms with van der Waals surface area (Å²) in [6.45, 7) is 8.20. The second kappa shape index (κ2) is 6.53. The lowest BCUT2D eigenvalue weighted by Gasteiger charge is -2.11. The molecule has 0 radical (unpaired) electrons. The van der Waals surface area contributed by atoms with Crippen LogP contribution in [0.4, 0.5) is 0 Å². The highest BCUT2D eigenvalue weighted by molar-refractivity contribution is 8.02. The van der Waals surface area contributed by atoms with E-state index in [0.29, 0.717) is 5.92 Å². The van der Waals surface area contributed by atoms with Crippen LogP contribution in [0.3, 0.4) is 0 Å². The first-order valence-corrected chi connectivity index (χ1v) is 5.35. The van der Waals surface area contributed by atoms with Crippen LogP contribution >= 0.6 is 11.8 Å². The Morgan fingerprint density at radius 1 is 1.64 bits per heavy atom. The summed E-state index contributed by atoms with van der Waals surface area (Å²) < 4.78 is 0. The van der Waals surface area contributed by atoms with Crippen LogP contribution in [0.2, 0.25) is 0 Å². The van der Waals surface area contributed by atoms with Crippen molar-refractivity contribution in [1.29, 1.82) is 0 Å². The van der Waals surface area contributed by atoms with Crippen molar-refractivity contribution in [2.75, 3.05) is 6.26 Å². The molecule has 0 heterocycles. The second-order valence-electron chi connectivity index (χ2n) is 2.70. The minimum absolute atomic E-state index is 0.702. The number of allylic oxidation sites excluding steroid dienone is 3. The zero-order valence-corrected chi connectivity index (χ0v) is 8.58. The van der Waals surface area contributed by atoms with Gasteiger partial charge in [0.2, 0.25) is 0 Å². The maximum Gasteiger partial charge on any atom is -0.0127 e. The average Bonchev–Trinajstić information content (AvgIpc) is 2.00. The molecule has 0 amide bonds. The molecule has 0 nitrogen and oxygen atoms in total. The molecule has 1 unspecified atom stereocenters. The van der Waals surface area contributed by atoms with E-state index in [0.717, 1.165) is 0 Å². The lowest BCUT2D eigenvalue weighted by Crippen LogP contribution is -1.94. The summed E-state index contributed by atoms with van der Waals surface area (Å²) in [7, 11) is 0. The van der Waals surface area contributed by atoms with E-state index in [2.05, 4.69) is 32.8 Å². The molecule has 0 rings (SSSR count). The van der Waals surface area contributed by atoms with Crippen LogP contribution in [-0.2, 0) is 0 Å². The first kappa shape index (κ1) is 10.8. The third kappa shape index (κ3) is 4.31. The molecule has 11 heavy (non-hydrogen) atoms. The monoisotopic (exact) mass is 170 g/mol. The fraction of sp³-hybridized carbons (Fsp3) is 0.600. The van der Waals surface area contributed by atoms with E-state index in [1.165, 1.54) is 17.7 Å². The zero-order chi connectivity index (χ0) is 8.69. The molecule has 0 aliphatic carbocycles. The Morgan fingerprint density at radius 2 is 2.27 bits per heavy atom. The molecule has 0 N–H and O–H groups in total. The van der Waals surface area contributed by atoms with E-state index in [4.69, 9.17) is 0 Å². The maximum atomic E-state index is 3.70. The highest BCUT2D eigenvalue weighted by Crippen LogP contribution is 2.25. The first-order valence-electron chi connectivity index (χ1n) is 4.12. The standard InChI is InChI=1S/C10H18S/c1-5-7-9(3)10(11-4)8-6-2/h6,8-9H,2,5,7H2,1,3-4H3/b10-8-. The van der Waals surface area contributed by atoms with Crippen molar-refractivity contribution >= 4 is 11.8 Å². The van der Waals surface area contributed by atoms with Crippen molar-refractivity contribution in [3.8, 4) is 0 Å². The second-order valence-corrected chi connectivity index (χ2v) is 3.58. The van der Waals surface area contributed by atoms with Crippen LogP contribution in [0.15, 0.2) is 23.6 Å². The Hall–Kier alpha value is -0.170. The topological polar surface area (TPSA) is 0 Å². The van der Waals surface area contributed by atoms with Crippen LogP contribution in [0.25, 0.3) is 0 Å². The van der Waals surface area contributed by atoms with Gasteiger partial charge in [0.25, 0.3) is 0 Å². The molecule has 0 aliphatic rings. The Bertz CT molecular complexity index is 136. The number of hydrogen-bond donors (Lipinski definition) is 0. The van der Waals surface area contributed by atoms with E-state index in [1.54, 1.807) is 0 Å². The first-order chi connectivity index (χ1) is 5.26. The Kier molecular flexibility index (Phi) is 6.43. The van der Waals surface area contributed by atoms with Crippen LogP contribution in [-0.4, -0.2) is 6.26 Å². The van der Waals surface area contributed by atoms with E-state index in [-0.39, 0.29) is 0 Å². The molecule has 64 valence electrons. The molecule has 0 aliphatic heterocycles. The fourth-order valence-corrected chi connectivity index (χ4v) is 1.88. The summed E-state index contributed by atoms with van der Waals surface area (Å²) in [5.74, 6) is 0.702. The summed E-state index contributed by atoms with van der Waals surface area (Å²) >= 11 is 1.83. The lowest BCUT2D eigenvalue weighted by atomic mass is 10.1. The van der Waals surface area contributed by atoms with Crippen LogP contribution in [0.1, 0.15) is 26.7 Å². The van der Waals surface area contributed by atoms with Crippen molar-refractivity contribution in [2.24, 2.45) is 5.92 Å². The molecule has 0 aromatic rings. The molecule has 0 fully saturated rings. The molecule has 0 saturated carbocycles. The summed E-state index contributed by atoms with van der Waals surface area (Å²) in [4.78, 5) is 1.45. The quantitative estimate of drug-likeness (QED) is 0.565. The molecule has 0 saturated heterocycles. The smallest absolute Gasteiger partial charge is 0.0127 e. The van der Waals surface area contributed by atoms with Gasteiger partial charge in [-0.3, -0.25) is 0 Å². The Balaban J connectivity index is 4.01. The van der Waals surface area contributed by atoms with Gasteiger partial charge in [0, 0.05) is 0 Å². The third-order valence-corrected chi connectivity index (χ3v) is 2.74. The highest BCUT2D eigenvalue weighted by atomic mass is 32.2. The molecule has 0 aromatic heterocycles. The van der Waals surface area contributed by atoms with Gasteiger partial charge in [-0.2, -0.15) is 0 Å². The van der Waals surface area contributed by atoms with Gasteiger partial charge in [-0.15, -0.1) is 11.8 Å². The van der Waals surface area contributed by atoms with Gasteiger partial charge in [0.1, 0.15) is 0 Å². The van der Waals surface area contributed by atoms with Gasteiger partial charge in [-0.05, 0) is 23.5 Å². The average molecular weight is 170 g/mol. The van der Waals surface area contributed by atoms with Crippen molar-refractivity contribution in [3.63, 3.8) is 0 Å². The van der Waals surface area contributed by atoms with Gasteiger partial charge in [0.05, 0.1) is 0 Å². The van der Waals surface area contributed by atoms with E-state index in [1.807, 2.05) is 17.8 Å². The summed E-state index contributed by atoms with van der Waals surface area (Å²) in [6, 6.07) is 0. The normalized spacial score (nSPS) is 14.6. The van der Waals surface area contributed by atoms with Crippen LogP contribution < -0.4 is 0 Å². The van der Waals surface area contributed by atoms with Gasteiger partial charge in [0.15, 0.2) is 0 Å². The van der Waals surface area contributed by atoms with Gasteiger partial charge >= 0.3 is 0 Å². The van der Waals surface area contributed by atoms with E-state index < -0.39 is 0 Å². The predicted octanol–water partition coefficient (Wildman–Crippen LogP) is 3.86. The van der Waals surface area contributed by atoms with Crippen LogP contribution in [0, 0.1) is 5.92 Å². The van der Waals surface area contributed by atoms with Crippen molar-refractivity contribution in [3.05, 3.63) is 23.6 Å². The molecule has 0 aromatic carbocycles. The fourth-order valence-electron chi connectivity index (χ4n) is 1.12. The molecule has 1 atom stereocenters. The maximum absolute atomic E-state index is 3.70. The van der Waals surface area contributed by atoms with Crippen molar-refractivity contribution in [1.82, 2.24) is 0 Å². The van der Waals surface area contributed by atoms with Crippen LogP contribution in [0.5, 0.6) is 0 Å². The largest absolute Gasteiger partial charge is 0.134 e. The van der Waals surface area contributed by atoms with Crippen molar-refractivity contribution < 1.29 is 0 Å². The number of thioether (sulfide) groups is 1. The van der Waals surface area contributed by atoms with Gasteiger partial charge in [-0.25, -0.2) is 0 Å². The van der Waals surface area contributed by atoms with E-state index >= 15 is 0 Å².